The van der Waals surface area contributed by atoms with Crippen molar-refractivity contribution in [1.29, 1.82) is 0 Å². The van der Waals surface area contributed by atoms with Crippen molar-refractivity contribution >= 4 is 35.1 Å². The molecule has 0 spiro atoms. The van der Waals surface area contributed by atoms with Gasteiger partial charge in [-0.3, -0.25) is 14.4 Å². The molecule has 2 aromatic carbocycles. The third kappa shape index (κ3) is 4.54. The number of amides is 2. The number of benzene rings is 2. The Morgan fingerprint density at radius 2 is 2.00 bits per heavy atom. The second-order valence-electron chi connectivity index (χ2n) is 7.27. The number of halogens is 2. The van der Waals surface area contributed by atoms with Gasteiger partial charge in [0.15, 0.2) is 5.16 Å². The van der Waals surface area contributed by atoms with E-state index in [1.807, 2.05) is 0 Å². The number of hydrogen-bond acceptors (Lipinski definition) is 5. The van der Waals surface area contributed by atoms with Gasteiger partial charge in [-0.25, -0.2) is 13.8 Å². The minimum absolute atomic E-state index is 0.0165. The highest BCUT2D eigenvalue weighted by Gasteiger charge is 2.35. The van der Waals surface area contributed by atoms with E-state index in [1.165, 1.54) is 24.3 Å². The molecule has 7 nitrogen and oxygen atoms in total. The van der Waals surface area contributed by atoms with E-state index in [1.54, 1.807) is 25.1 Å². The van der Waals surface area contributed by atoms with Gasteiger partial charge in [-0.05, 0) is 36.2 Å². The summed E-state index contributed by atoms with van der Waals surface area (Å²) in [6.45, 7) is 1.70. The first-order valence-electron chi connectivity index (χ1n) is 9.69. The zero-order valence-electron chi connectivity index (χ0n) is 16.9. The average molecular weight is 456 g/mol. The van der Waals surface area contributed by atoms with Gasteiger partial charge in [-0.15, -0.1) is 0 Å². The summed E-state index contributed by atoms with van der Waals surface area (Å²) >= 11 is 1.09. The van der Waals surface area contributed by atoms with Crippen molar-refractivity contribution < 1.29 is 18.4 Å². The van der Waals surface area contributed by atoms with Crippen LogP contribution < -0.4 is 16.2 Å². The Kier molecular flexibility index (Phi) is 6.04. The highest BCUT2D eigenvalue weighted by Crippen LogP contribution is 2.31. The number of aryl methyl sites for hydroxylation is 1. The molecule has 3 aromatic rings. The van der Waals surface area contributed by atoms with Gasteiger partial charge >= 0.3 is 0 Å². The summed E-state index contributed by atoms with van der Waals surface area (Å²) < 4.78 is 27.4. The van der Waals surface area contributed by atoms with Crippen LogP contribution in [0.5, 0.6) is 0 Å². The molecule has 1 aliphatic rings. The van der Waals surface area contributed by atoms with Crippen molar-refractivity contribution in [3.8, 4) is 0 Å². The third-order valence-electron chi connectivity index (χ3n) is 5.03. The number of aromatic amines is 1. The first kappa shape index (κ1) is 21.7. The lowest BCUT2D eigenvalue weighted by atomic mass is 9.92. The smallest absolute Gasteiger partial charge is 0.257 e. The number of nitrogens with one attached hydrogen (secondary N) is 3. The van der Waals surface area contributed by atoms with Gasteiger partial charge in [0.1, 0.15) is 17.5 Å². The molecule has 0 aliphatic carbocycles. The monoisotopic (exact) mass is 456 g/mol. The number of carbonyl (C=O) groups is 2. The Labute approximate surface area is 185 Å². The maximum absolute atomic E-state index is 13.8. The van der Waals surface area contributed by atoms with Crippen molar-refractivity contribution in [3.05, 3.63) is 81.1 Å². The highest BCUT2D eigenvalue weighted by atomic mass is 32.2. The quantitative estimate of drug-likeness (QED) is 0.401. The number of nitrogens with zero attached hydrogens (tertiary/aromatic N) is 1. The van der Waals surface area contributed by atoms with E-state index in [0.717, 1.165) is 11.8 Å². The number of carbonyl (C=O) groups excluding carboxylic acids is 2. The van der Waals surface area contributed by atoms with Crippen LogP contribution in [0.3, 0.4) is 0 Å². The van der Waals surface area contributed by atoms with Gasteiger partial charge in [-0.2, -0.15) is 0 Å². The Hall–Kier alpha value is -3.53. The molecule has 0 radical (unpaired) electrons. The van der Waals surface area contributed by atoms with Crippen LogP contribution in [-0.2, 0) is 15.3 Å². The van der Waals surface area contributed by atoms with Crippen molar-refractivity contribution in [2.24, 2.45) is 0 Å². The lowest BCUT2D eigenvalue weighted by molar-refractivity contribution is -0.123. The molecule has 32 heavy (non-hydrogen) atoms. The first-order chi connectivity index (χ1) is 15.3. The van der Waals surface area contributed by atoms with Gasteiger partial charge in [-0.1, -0.05) is 36.0 Å². The average Bonchev–Trinajstić information content (AvgIpc) is 2.75. The molecule has 0 saturated heterocycles. The molecule has 1 atom stereocenters. The molecule has 1 aromatic heterocycles. The number of hydrogen-bond donors (Lipinski definition) is 3. The number of fused-ring (bicyclic) bond motifs is 1. The molecular formula is C22H18F2N4O3S. The molecule has 0 unspecified atom stereocenters. The molecule has 3 N–H and O–H groups in total. The summed E-state index contributed by atoms with van der Waals surface area (Å²) in [6, 6.07) is 10.2. The second kappa shape index (κ2) is 8.91. The molecule has 1 aliphatic heterocycles. The maximum atomic E-state index is 13.8. The van der Waals surface area contributed by atoms with Gasteiger partial charge in [0.05, 0.1) is 11.5 Å². The fraction of sp³-hybridized carbons (Fsp3) is 0.182. The van der Waals surface area contributed by atoms with Crippen molar-refractivity contribution in [1.82, 2.24) is 9.97 Å². The lowest BCUT2D eigenvalue weighted by Gasteiger charge is -2.23. The fourth-order valence-electron chi connectivity index (χ4n) is 3.35. The van der Waals surface area contributed by atoms with Gasteiger partial charge in [0, 0.05) is 17.9 Å². The molecule has 2 amide bonds. The molecule has 0 saturated carbocycles. The summed E-state index contributed by atoms with van der Waals surface area (Å²) in [7, 11) is 0. The SMILES string of the molecule is Cc1ccc(F)cc1NC(=O)[C@@H]1CC(=O)Nc2nc(SCc3ccccc3F)[nH]c(=O)c21. The Morgan fingerprint density at radius 1 is 1.22 bits per heavy atom. The van der Waals surface area contributed by atoms with Crippen molar-refractivity contribution in [3.63, 3.8) is 0 Å². The molecule has 2 heterocycles. The van der Waals surface area contributed by atoms with E-state index in [2.05, 4.69) is 20.6 Å². The van der Waals surface area contributed by atoms with Crippen molar-refractivity contribution in [2.45, 2.75) is 30.2 Å². The van der Waals surface area contributed by atoms with E-state index in [4.69, 9.17) is 0 Å². The van der Waals surface area contributed by atoms with Crippen LogP contribution in [0.15, 0.2) is 52.4 Å². The van der Waals surface area contributed by atoms with E-state index < -0.39 is 29.1 Å². The topological polar surface area (TPSA) is 104 Å². The van der Waals surface area contributed by atoms with E-state index in [9.17, 15) is 23.2 Å². The van der Waals surface area contributed by atoms with Crippen LogP contribution in [0.4, 0.5) is 20.3 Å². The van der Waals surface area contributed by atoms with E-state index in [0.29, 0.717) is 11.1 Å². The fourth-order valence-corrected chi connectivity index (χ4v) is 4.20. The Balaban J connectivity index is 1.60. The molecule has 4 rings (SSSR count). The van der Waals surface area contributed by atoms with Crippen LogP contribution in [0, 0.1) is 18.6 Å². The Morgan fingerprint density at radius 3 is 2.78 bits per heavy atom. The predicted molar refractivity (Wildman–Crippen MR) is 117 cm³/mol. The summed E-state index contributed by atoms with van der Waals surface area (Å²) in [5.41, 5.74) is 0.759. The standard InChI is InChI=1S/C22H18F2N4O3S/c1-11-6-7-13(23)8-16(11)25-20(30)14-9-17(29)26-19-18(14)21(31)28-22(27-19)32-10-12-4-2-3-5-15(12)24/h2-8,14H,9-10H2,1H3,(H,25,30)(H2,26,27,28,29,31)/t14-/m1/s1. The molecule has 10 heteroatoms. The largest absolute Gasteiger partial charge is 0.325 e. The number of rotatable bonds is 5. The van der Waals surface area contributed by atoms with Crippen LogP contribution in [0.25, 0.3) is 0 Å². The summed E-state index contributed by atoms with van der Waals surface area (Å²) in [5, 5.41) is 5.29. The molecule has 0 bridgehead atoms. The third-order valence-corrected chi connectivity index (χ3v) is 5.95. The summed E-state index contributed by atoms with van der Waals surface area (Å²) in [6.07, 6.45) is -0.250. The normalized spacial score (nSPS) is 15.1. The number of anilines is 2. The molecule has 0 fully saturated rings. The van der Waals surface area contributed by atoms with Gasteiger partial charge < -0.3 is 15.6 Å². The van der Waals surface area contributed by atoms with Gasteiger partial charge in [0.25, 0.3) is 5.56 Å². The lowest BCUT2D eigenvalue weighted by Crippen LogP contribution is -2.36. The number of aromatic nitrogens is 2. The molecular weight excluding hydrogens is 438 g/mol. The number of thioether (sulfide) groups is 1. The second-order valence-corrected chi connectivity index (χ2v) is 8.23. The van der Waals surface area contributed by atoms with E-state index in [-0.39, 0.29) is 40.2 Å². The minimum atomic E-state index is -1.09. The van der Waals surface area contributed by atoms with Crippen LogP contribution in [0.2, 0.25) is 0 Å². The van der Waals surface area contributed by atoms with Crippen molar-refractivity contribution in [2.75, 3.05) is 10.6 Å². The maximum Gasteiger partial charge on any atom is 0.257 e. The first-order valence-corrected chi connectivity index (χ1v) is 10.7. The van der Waals surface area contributed by atoms with Crippen LogP contribution in [0.1, 0.15) is 29.0 Å². The van der Waals surface area contributed by atoms with Crippen LogP contribution >= 0.6 is 11.8 Å². The Bertz CT molecular complexity index is 1280. The molecule has 164 valence electrons. The zero-order chi connectivity index (χ0) is 22.8. The van der Waals surface area contributed by atoms with Gasteiger partial charge in [0.2, 0.25) is 11.8 Å². The summed E-state index contributed by atoms with van der Waals surface area (Å²) in [4.78, 5) is 44.7. The zero-order valence-corrected chi connectivity index (χ0v) is 17.7. The van der Waals surface area contributed by atoms with E-state index >= 15 is 0 Å². The minimum Gasteiger partial charge on any atom is -0.325 e. The highest BCUT2D eigenvalue weighted by molar-refractivity contribution is 7.98. The summed E-state index contributed by atoms with van der Waals surface area (Å²) in [5.74, 6) is -2.89. The van der Waals surface area contributed by atoms with Crippen LogP contribution in [-0.4, -0.2) is 21.8 Å². The number of H-pyrrole nitrogens is 1. The predicted octanol–water partition coefficient (Wildman–Crippen LogP) is 3.71.